The monoisotopic (exact) mass is 368 g/mol. The molecule has 0 aromatic carbocycles. The number of carbonyl (C=O) groups is 1. The quantitative estimate of drug-likeness (QED) is 0.755. The summed E-state index contributed by atoms with van der Waals surface area (Å²) in [6.45, 7) is 8.62. The van der Waals surface area contributed by atoms with Gasteiger partial charge in [-0.2, -0.15) is 10.4 Å². The summed E-state index contributed by atoms with van der Waals surface area (Å²) in [5.74, 6) is -0.191. The molecule has 0 spiro atoms. The van der Waals surface area contributed by atoms with Gasteiger partial charge >= 0.3 is 0 Å². The fraction of sp³-hybridized carbons (Fsp3) is 0.500. The van der Waals surface area contributed by atoms with E-state index >= 15 is 0 Å². The number of carbonyl (C=O) groups excluding carboxylic acids is 1. The van der Waals surface area contributed by atoms with Gasteiger partial charge in [-0.15, -0.1) is 0 Å². The zero-order valence-electron chi connectivity index (χ0n) is 16.2. The van der Waals surface area contributed by atoms with Crippen molar-refractivity contribution in [3.05, 3.63) is 50.2 Å². The molecule has 7 nitrogen and oxygen atoms in total. The Morgan fingerprint density at radius 3 is 2.74 bits per heavy atom. The first-order chi connectivity index (χ1) is 12.8. The highest BCUT2D eigenvalue weighted by Crippen LogP contribution is 2.21. The smallest absolute Gasteiger partial charge is 0.285 e. The largest absolute Gasteiger partial charge is 0.376 e. The van der Waals surface area contributed by atoms with E-state index in [4.69, 9.17) is 4.74 Å². The molecule has 3 rings (SSSR count). The lowest BCUT2D eigenvalue weighted by atomic mass is 10.1. The first-order valence-corrected chi connectivity index (χ1v) is 9.13. The van der Waals surface area contributed by atoms with Crippen LogP contribution >= 0.6 is 0 Å². The van der Waals surface area contributed by atoms with Crippen molar-refractivity contribution >= 4 is 5.78 Å². The van der Waals surface area contributed by atoms with Crippen LogP contribution in [0.15, 0.2) is 10.9 Å². The fourth-order valence-electron chi connectivity index (χ4n) is 3.59. The number of nitriles is 1. The van der Waals surface area contributed by atoms with Gasteiger partial charge in [-0.3, -0.25) is 9.59 Å². The summed E-state index contributed by atoms with van der Waals surface area (Å²) in [4.78, 5) is 25.3. The van der Waals surface area contributed by atoms with E-state index in [1.165, 1.54) is 0 Å². The molecule has 1 fully saturated rings. The Balaban J connectivity index is 1.88. The van der Waals surface area contributed by atoms with Gasteiger partial charge in [0.25, 0.3) is 5.56 Å². The van der Waals surface area contributed by atoms with Crippen LogP contribution in [-0.2, 0) is 17.8 Å². The van der Waals surface area contributed by atoms with Crippen LogP contribution in [0.2, 0.25) is 0 Å². The number of ketones is 1. The van der Waals surface area contributed by atoms with Gasteiger partial charge in [-0.05, 0) is 52.2 Å². The molecule has 0 aliphatic carbocycles. The highest BCUT2D eigenvalue weighted by Gasteiger charge is 2.22. The number of rotatable bonds is 5. The number of nitrogens with zero attached hydrogens (tertiary/aromatic N) is 4. The minimum absolute atomic E-state index is 0.0409. The maximum atomic E-state index is 12.9. The van der Waals surface area contributed by atoms with Crippen LogP contribution in [-0.4, -0.2) is 32.8 Å². The van der Waals surface area contributed by atoms with Gasteiger partial charge in [-0.25, -0.2) is 4.68 Å². The first kappa shape index (κ1) is 19.1. The van der Waals surface area contributed by atoms with Crippen molar-refractivity contribution in [2.75, 3.05) is 6.61 Å². The number of aryl methyl sites for hydroxylation is 2. The van der Waals surface area contributed by atoms with Crippen molar-refractivity contribution in [2.45, 2.75) is 59.7 Å². The lowest BCUT2D eigenvalue weighted by Gasteiger charge is -2.15. The maximum absolute atomic E-state index is 12.9. The predicted octanol–water partition coefficient (Wildman–Crippen LogP) is 2.21. The molecular formula is C20H24N4O3. The van der Waals surface area contributed by atoms with Gasteiger partial charge in [-0.1, -0.05) is 0 Å². The van der Waals surface area contributed by atoms with Gasteiger partial charge in [0.1, 0.15) is 18.2 Å². The van der Waals surface area contributed by atoms with Crippen molar-refractivity contribution in [3.8, 4) is 6.07 Å². The topological polar surface area (TPSA) is 89.9 Å². The Hall–Kier alpha value is -2.72. The van der Waals surface area contributed by atoms with Crippen LogP contribution in [0.4, 0.5) is 0 Å². The molecule has 0 bridgehead atoms. The van der Waals surface area contributed by atoms with Crippen molar-refractivity contribution in [1.29, 1.82) is 5.26 Å². The molecule has 0 radical (unpaired) electrons. The van der Waals surface area contributed by atoms with E-state index in [0.717, 1.165) is 42.1 Å². The number of hydrogen-bond donors (Lipinski definition) is 0. The van der Waals surface area contributed by atoms with E-state index in [0.29, 0.717) is 16.8 Å². The van der Waals surface area contributed by atoms with E-state index in [9.17, 15) is 14.9 Å². The number of hydrogen-bond acceptors (Lipinski definition) is 5. The average Bonchev–Trinajstić information content (AvgIpc) is 3.24. The van der Waals surface area contributed by atoms with E-state index in [-0.39, 0.29) is 24.0 Å². The third-order valence-electron chi connectivity index (χ3n) is 5.33. The molecule has 142 valence electrons. The van der Waals surface area contributed by atoms with Crippen molar-refractivity contribution in [3.63, 3.8) is 0 Å². The minimum Gasteiger partial charge on any atom is -0.376 e. The second-order valence-corrected chi connectivity index (χ2v) is 7.11. The lowest BCUT2D eigenvalue weighted by molar-refractivity contribution is 0.0945. The molecule has 27 heavy (non-hydrogen) atoms. The molecule has 0 unspecified atom stereocenters. The van der Waals surface area contributed by atoms with Crippen LogP contribution in [0, 0.1) is 39.0 Å². The summed E-state index contributed by atoms with van der Waals surface area (Å²) in [6.07, 6.45) is 2.28. The first-order valence-electron chi connectivity index (χ1n) is 9.13. The molecule has 1 aliphatic rings. The average molecular weight is 368 g/mol. The van der Waals surface area contributed by atoms with Gasteiger partial charge in [0, 0.05) is 30.1 Å². The lowest BCUT2D eigenvalue weighted by Crippen LogP contribution is -2.30. The van der Waals surface area contributed by atoms with Gasteiger partial charge in [0.15, 0.2) is 5.78 Å². The predicted molar refractivity (Wildman–Crippen MR) is 99.9 cm³/mol. The molecule has 2 aromatic heterocycles. The van der Waals surface area contributed by atoms with Crippen molar-refractivity contribution < 1.29 is 9.53 Å². The SMILES string of the molecule is Cc1nn(CC(=O)c2cc(C)n(C[C@H]3CCCO3)c2C)c(=O)c(C#N)c1C. The third-order valence-corrected chi connectivity index (χ3v) is 5.33. The standard InChI is InChI=1S/C20H24N4O3/c1-12-8-17(15(4)23(12)10-16-6-5-7-27-16)19(25)11-24-20(26)18(9-21)13(2)14(3)22-24/h8,16H,5-7,10-11H2,1-4H3/t16-/m1/s1. The summed E-state index contributed by atoms with van der Waals surface area (Å²) >= 11 is 0. The molecule has 0 amide bonds. The molecule has 7 heteroatoms. The Kier molecular flexibility index (Phi) is 5.29. The summed E-state index contributed by atoms with van der Waals surface area (Å²) in [7, 11) is 0. The zero-order chi connectivity index (χ0) is 19.7. The van der Waals surface area contributed by atoms with E-state index in [2.05, 4.69) is 9.67 Å². The molecule has 1 saturated heterocycles. The van der Waals surface area contributed by atoms with E-state index in [1.807, 2.05) is 26.0 Å². The Morgan fingerprint density at radius 2 is 2.11 bits per heavy atom. The molecule has 1 aliphatic heterocycles. The third kappa shape index (κ3) is 3.58. The van der Waals surface area contributed by atoms with Gasteiger partial charge in [0.2, 0.25) is 0 Å². The Bertz CT molecular complexity index is 988. The Morgan fingerprint density at radius 1 is 1.37 bits per heavy atom. The molecule has 3 heterocycles. The van der Waals surface area contributed by atoms with Crippen LogP contribution < -0.4 is 5.56 Å². The number of aromatic nitrogens is 3. The summed E-state index contributed by atoms with van der Waals surface area (Å²) in [5, 5.41) is 13.4. The summed E-state index contributed by atoms with van der Waals surface area (Å²) in [5.41, 5.74) is 3.08. The Labute approximate surface area is 158 Å². The van der Waals surface area contributed by atoms with E-state index in [1.54, 1.807) is 13.8 Å². The van der Waals surface area contributed by atoms with Crippen molar-refractivity contribution in [2.24, 2.45) is 0 Å². The van der Waals surface area contributed by atoms with Gasteiger partial charge in [0.05, 0.1) is 11.8 Å². The molecular weight excluding hydrogens is 344 g/mol. The normalized spacial score (nSPS) is 16.5. The molecule has 0 N–H and O–H groups in total. The summed E-state index contributed by atoms with van der Waals surface area (Å²) < 4.78 is 8.90. The molecule has 1 atom stereocenters. The van der Waals surface area contributed by atoms with Crippen LogP contribution in [0.3, 0.4) is 0 Å². The van der Waals surface area contributed by atoms with E-state index < -0.39 is 5.56 Å². The van der Waals surface area contributed by atoms with Crippen LogP contribution in [0.1, 0.15) is 51.4 Å². The van der Waals surface area contributed by atoms with Crippen LogP contribution in [0.5, 0.6) is 0 Å². The van der Waals surface area contributed by atoms with Crippen LogP contribution in [0.25, 0.3) is 0 Å². The zero-order valence-corrected chi connectivity index (χ0v) is 16.2. The van der Waals surface area contributed by atoms with Crippen molar-refractivity contribution in [1.82, 2.24) is 14.3 Å². The fourth-order valence-corrected chi connectivity index (χ4v) is 3.59. The number of ether oxygens (including phenoxy) is 1. The second kappa shape index (κ2) is 7.49. The second-order valence-electron chi connectivity index (χ2n) is 7.11. The molecule has 0 saturated carbocycles. The highest BCUT2D eigenvalue weighted by molar-refractivity contribution is 5.97. The minimum atomic E-state index is -0.526. The van der Waals surface area contributed by atoms with Gasteiger partial charge < -0.3 is 9.30 Å². The highest BCUT2D eigenvalue weighted by atomic mass is 16.5. The maximum Gasteiger partial charge on any atom is 0.285 e. The molecule has 2 aromatic rings. The summed E-state index contributed by atoms with van der Waals surface area (Å²) in [6, 6.07) is 3.77. The number of Topliss-reactive ketones (excluding diaryl/α,β-unsaturated/α-hetero) is 1.